The molecule has 0 amide bonds. The van der Waals surface area contributed by atoms with Crippen LogP contribution in [0.25, 0.3) is 0 Å². The molecule has 0 saturated heterocycles. The molecule has 0 aromatic carbocycles. The van der Waals surface area contributed by atoms with Crippen LogP contribution in [0.3, 0.4) is 0 Å². The quantitative estimate of drug-likeness (QED) is 0.379. The molecule has 6 heteroatoms. The number of esters is 1. The standard InChI is InChI=1S/C6H6F4O2/c1-2-4(11)12-3-6(9,10)5(7)8/h2,5H,1,3H2. The van der Waals surface area contributed by atoms with Gasteiger partial charge in [0.25, 0.3) is 0 Å². The second-order valence-electron chi connectivity index (χ2n) is 1.87. The molecule has 12 heavy (non-hydrogen) atoms. The van der Waals surface area contributed by atoms with Crippen molar-refractivity contribution in [2.75, 3.05) is 6.61 Å². The van der Waals surface area contributed by atoms with Gasteiger partial charge < -0.3 is 4.74 Å². The molecule has 0 N–H and O–H groups in total. The minimum atomic E-state index is -4.29. The molecule has 0 aromatic heterocycles. The van der Waals surface area contributed by atoms with Crippen molar-refractivity contribution in [1.82, 2.24) is 0 Å². The predicted molar refractivity (Wildman–Crippen MR) is 32.1 cm³/mol. The molecule has 0 rings (SSSR count). The van der Waals surface area contributed by atoms with Crippen molar-refractivity contribution in [3.63, 3.8) is 0 Å². The van der Waals surface area contributed by atoms with E-state index in [2.05, 4.69) is 11.3 Å². The normalized spacial score (nSPS) is 11.4. The van der Waals surface area contributed by atoms with Gasteiger partial charge >= 0.3 is 18.3 Å². The summed E-state index contributed by atoms with van der Waals surface area (Å²) >= 11 is 0. The van der Waals surface area contributed by atoms with Gasteiger partial charge in [0.1, 0.15) is 0 Å². The molecular weight excluding hydrogens is 180 g/mol. The van der Waals surface area contributed by atoms with Gasteiger partial charge in [-0.1, -0.05) is 6.58 Å². The summed E-state index contributed by atoms with van der Waals surface area (Å²) in [5.41, 5.74) is 0. The summed E-state index contributed by atoms with van der Waals surface area (Å²) in [5, 5.41) is 0. The molecule has 0 spiro atoms. The van der Waals surface area contributed by atoms with Crippen LogP contribution in [0, 0.1) is 0 Å². The molecule has 0 saturated carbocycles. The van der Waals surface area contributed by atoms with Crippen molar-refractivity contribution in [3.05, 3.63) is 12.7 Å². The lowest BCUT2D eigenvalue weighted by molar-refractivity contribution is -0.175. The second kappa shape index (κ2) is 4.08. The zero-order valence-electron chi connectivity index (χ0n) is 5.90. The van der Waals surface area contributed by atoms with Gasteiger partial charge in [0, 0.05) is 6.08 Å². The zero-order valence-corrected chi connectivity index (χ0v) is 5.90. The first-order chi connectivity index (χ1) is 5.40. The van der Waals surface area contributed by atoms with E-state index in [4.69, 9.17) is 0 Å². The fourth-order valence-corrected chi connectivity index (χ4v) is 0.289. The van der Waals surface area contributed by atoms with E-state index in [0.717, 1.165) is 0 Å². The molecule has 70 valence electrons. The van der Waals surface area contributed by atoms with Crippen molar-refractivity contribution >= 4 is 5.97 Å². The Morgan fingerprint density at radius 3 is 2.42 bits per heavy atom. The van der Waals surface area contributed by atoms with E-state index < -0.39 is 24.9 Å². The molecule has 2 nitrogen and oxygen atoms in total. The molecule has 0 heterocycles. The number of hydrogen-bond donors (Lipinski definition) is 0. The predicted octanol–water partition coefficient (Wildman–Crippen LogP) is 1.62. The Hall–Kier alpha value is -1.07. The number of halogens is 4. The van der Waals surface area contributed by atoms with Crippen LogP contribution in [0.1, 0.15) is 0 Å². The molecule has 0 atom stereocenters. The summed E-state index contributed by atoms with van der Waals surface area (Å²) in [6.45, 7) is 1.27. The molecule has 0 aliphatic carbocycles. The van der Waals surface area contributed by atoms with Crippen molar-refractivity contribution in [3.8, 4) is 0 Å². The number of carbonyl (C=O) groups is 1. The Morgan fingerprint density at radius 2 is 2.08 bits per heavy atom. The Morgan fingerprint density at radius 1 is 1.58 bits per heavy atom. The number of alkyl halides is 4. The summed E-state index contributed by atoms with van der Waals surface area (Å²) in [4.78, 5) is 10.2. The first kappa shape index (κ1) is 10.9. The number of rotatable bonds is 4. The highest BCUT2D eigenvalue weighted by molar-refractivity contribution is 5.81. The van der Waals surface area contributed by atoms with E-state index >= 15 is 0 Å². The highest BCUT2D eigenvalue weighted by Crippen LogP contribution is 2.22. The second-order valence-corrected chi connectivity index (χ2v) is 1.87. The third-order valence-electron chi connectivity index (χ3n) is 0.893. The van der Waals surface area contributed by atoms with Gasteiger partial charge in [-0.2, -0.15) is 8.78 Å². The van der Waals surface area contributed by atoms with Gasteiger partial charge in [-0.25, -0.2) is 13.6 Å². The Bertz CT molecular complexity index is 178. The summed E-state index contributed by atoms with van der Waals surface area (Å²) in [6, 6.07) is 0. The largest absolute Gasteiger partial charge is 0.456 e. The summed E-state index contributed by atoms with van der Waals surface area (Å²) in [7, 11) is 0. The van der Waals surface area contributed by atoms with Crippen molar-refractivity contribution in [2.24, 2.45) is 0 Å². The van der Waals surface area contributed by atoms with E-state index in [1.54, 1.807) is 0 Å². The number of carbonyl (C=O) groups excluding carboxylic acids is 1. The minimum Gasteiger partial charge on any atom is -0.456 e. The Balaban J connectivity index is 3.91. The lowest BCUT2D eigenvalue weighted by Crippen LogP contribution is -2.33. The van der Waals surface area contributed by atoms with Crippen molar-refractivity contribution in [1.29, 1.82) is 0 Å². The van der Waals surface area contributed by atoms with Gasteiger partial charge in [0.15, 0.2) is 6.61 Å². The molecular formula is C6H6F4O2. The first-order valence-corrected chi connectivity index (χ1v) is 2.85. The lowest BCUT2D eigenvalue weighted by Gasteiger charge is -2.13. The summed E-state index contributed by atoms with van der Waals surface area (Å²) in [5.74, 6) is -5.45. The third-order valence-corrected chi connectivity index (χ3v) is 0.893. The maximum absolute atomic E-state index is 12.0. The van der Waals surface area contributed by atoms with Crippen LogP contribution >= 0.6 is 0 Å². The Labute approximate surface area is 65.8 Å². The maximum atomic E-state index is 12.0. The highest BCUT2D eigenvalue weighted by atomic mass is 19.3. The van der Waals surface area contributed by atoms with Crippen LogP contribution < -0.4 is 0 Å². The van der Waals surface area contributed by atoms with E-state index in [0.29, 0.717) is 6.08 Å². The average molecular weight is 186 g/mol. The van der Waals surface area contributed by atoms with Crippen molar-refractivity contribution in [2.45, 2.75) is 12.3 Å². The smallest absolute Gasteiger partial charge is 0.340 e. The fourth-order valence-electron chi connectivity index (χ4n) is 0.289. The number of ether oxygens (including phenoxy) is 1. The number of hydrogen-bond acceptors (Lipinski definition) is 2. The van der Waals surface area contributed by atoms with Crippen LogP contribution in [-0.2, 0) is 9.53 Å². The van der Waals surface area contributed by atoms with E-state index in [1.807, 2.05) is 0 Å². The van der Waals surface area contributed by atoms with E-state index in [-0.39, 0.29) is 0 Å². The molecule has 0 bridgehead atoms. The molecule has 0 aromatic rings. The summed E-state index contributed by atoms with van der Waals surface area (Å²) in [6.07, 6.45) is -3.23. The van der Waals surface area contributed by atoms with Crippen LogP contribution in [0.5, 0.6) is 0 Å². The summed E-state index contributed by atoms with van der Waals surface area (Å²) < 4.78 is 50.5. The fraction of sp³-hybridized carbons (Fsp3) is 0.500. The van der Waals surface area contributed by atoms with Gasteiger partial charge in [-0.3, -0.25) is 0 Å². The van der Waals surface area contributed by atoms with Gasteiger partial charge in [-0.15, -0.1) is 0 Å². The topological polar surface area (TPSA) is 26.3 Å². The molecule has 0 unspecified atom stereocenters. The van der Waals surface area contributed by atoms with Crippen LogP contribution in [0.2, 0.25) is 0 Å². The third kappa shape index (κ3) is 3.36. The van der Waals surface area contributed by atoms with E-state index in [9.17, 15) is 22.4 Å². The molecule has 0 aliphatic rings. The van der Waals surface area contributed by atoms with Gasteiger partial charge in [-0.05, 0) is 0 Å². The molecule has 0 radical (unpaired) electrons. The first-order valence-electron chi connectivity index (χ1n) is 2.85. The SMILES string of the molecule is C=CC(=O)OCC(F)(F)C(F)F. The maximum Gasteiger partial charge on any atom is 0.340 e. The van der Waals surface area contributed by atoms with Gasteiger partial charge in [0.05, 0.1) is 0 Å². The monoisotopic (exact) mass is 186 g/mol. The average Bonchev–Trinajstić information content (AvgIpc) is 2.00. The highest BCUT2D eigenvalue weighted by Gasteiger charge is 2.42. The van der Waals surface area contributed by atoms with Crippen molar-refractivity contribution < 1.29 is 27.1 Å². The van der Waals surface area contributed by atoms with E-state index in [1.165, 1.54) is 0 Å². The zero-order chi connectivity index (χ0) is 9.78. The minimum absolute atomic E-state index is 0.613. The molecule has 0 fully saturated rings. The lowest BCUT2D eigenvalue weighted by atomic mass is 10.4. The Kier molecular flexibility index (Phi) is 3.72. The van der Waals surface area contributed by atoms with Crippen LogP contribution in [0.15, 0.2) is 12.7 Å². The van der Waals surface area contributed by atoms with Crippen LogP contribution in [0.4, 0.5) is 17.6 Å². The van der Waals surface area contributed by atoms with Crippen LogP contribution in [-0.4, -0.2) is 24.9 Å². The molecule has 0 aliphatic heterocycles. The van der Waals surface area contributed by atoms with Gasteiger partial charge in [0.2, 0.25) is 0 Å².